The number of hydrogen-bond donors (Lipinski definition) is 0. The Labute approximate surface area is 114 Å². The summed E-state index contributed by atoms with van der Waals surface area (Å²) in [5.41, 5.74) is 6.82. The Morgan fingerprint density at radius 1 is 1.15 bits per heavy atom. The highest BCUT2D eigenvalue weighted by Crippen LogP contribution is 2.31. The molecule has 5 heteroatoms. The lowest BCUT2D eigenvalue weighted by atomic mass is 10.2. The fraction of sp³-hybridized carbons (Fsp3) is 0.133. The van der Waals surface area contributed by atoms with Gasteiger partial charge < -0.3 is 0 Å². The third kappa shape index (κ3) is 1.02. The van der Waals surface area contributed by atoms with Gasteiger partial charge in [-0.2, -0.15) is 4.40 Å². The van der Waals surface area contributed by atoms with Crippen LogP contribution in [0.1, 0.15) is 5.56 Å². The van der Waals surface area contributed by atoms with Crippen molar-refractivity contribution < 1.29 is 4.57 Å². The van der Waals surface area contributed by atoms with Gasteiger partial charge in [0.25, 0.3) is 12.0 Å². The highest BCUT2D eigenvalue weighted by Gasteiger charge is 2.33. The molecule has 0 bridgehead atoms. The third-order valence-electron chi connectivity index (χ3n) is 4.10. The smallest absolute Gasteiger partial charge is 0.258 e. The van der Waals surface area contributed by atoms with E-state index in [-0.39, 0.29) is 0 Å². The fourth-order valence-electron chi connectivity index (χ4n) is 3.25. The molecule has 0 aliphatic carbocycles. The lowest BCUT2D eigenvalue weighted by molar-refractivity contribution is -0.671. The molecule has 96 valence electrons. The number of imidazole rings is 2. The molecule has 0 amide bonds. The van der Waals surface area contributed by atoms with Crippen LogP contribution in [-0.2, 0) is 13.6 Å². The van der Waals surface area contributed by atoms with Crippen LogP contribution in [0, 0.1) is 0 Å². The van der Waals surface area contributed by atoms with Crippen LogP contribution in [0.4, 0.5) is 0 Å². The van der Waals surface area contributed by atoms with Crippen LogP contribution in [0.2, 0.25) is 0 Å². The van der Waals surface area contributed by atoms with Crippen LogP contribution in [0.25, 0.3) is 28.2 Å². The van der Waals surface area contributed by atoms with Crippen molar-refractivity contribution in [2.24, 2.45) is 7.05 Å². The molecule has 5 rings (SSSR count). The lowest BCUT2D eigenvalue weighted by Gasteiger charge is -1.94. The number of fused-ring (bicyclic) bond motifs is 7. The zero-order valence-electron chi connectivity index (χ0n) is 11.0. The minimum absolute atomic E-state index is 0.891. The molecule has 0 radical (unpaired) electrons. The van der Waals surface area contributed by atoms with E-state index in [2.05, 4.69) is 49.0 Å². The van der Waals surface area contributed by atoms with Gasteiger partial charge in [0.05, 0.1) is 0 Å². The molecule has 1 aliphatic rings. The Morgan fingerprint density at radius 2 is 2.00 bits per heavy atom. The van der Waals surface area contributed by atoms with Crippen molar-refractivity contribution in [1.29, 1.82) is 0 Å². The van der Waals surface area contributed by atoms with Gasteiger partial charge in [-0.3, -0.25) is 9.55 Å². The highest BCUT2D eigenvalue weighted by molar-refractivity contribution is 5.84. The van der Waals surface area contributed by atoms with Crippen molar-refractivity contribution in [3.63, 3.8) is 0 Å². The number of aromatic nitrogens is 5. The molecule has 4 aromatic rings. The van der Waals surface area contributed by atoms with Crippen LogP contribution in [0.3, 0.4) is 0 Å². The summed E-state index contributed by atoms with van der Waals surface area (Å²) < 4.78 is 6.61. The second kappa shape index (κ2) is 3.25. The molecular weight excluding hydrogens is 250 g/mol. The van der Waals surface area contributed by atoms with E-state index in [1.165, 1.54) is 11.3 Å². The van der Waals surface area contributed by atoms with Gasteiger partial charge >= 0.3 is 0 Å². The predicted octanol–water partition coefficient (Wildman–Crippen LogP) is 1.54. The zero-order valence-corrected chi connectivity index (χ0v) is 11.0. The molecule has 5 nitrogen and oxygen atoms in total. The van der Waals surface area contributed by atoms with E-state index in [4.69, 9.17) is 0 Å². The molecule has 0 spiro atoms. The second-order valence-corrected chi connectivity index (χ2v) is 5.20. The first kappa shape index (κ1) is 10.1. The second-order valence-electron chi connectivity index (χ2n) is 5.20. The number of pyridine rings is 2. The number of hydrogen-bond acceptors (Lipinski definition) is 2. The van der Waals surface area contributed by atoms with Gasteiger partial charge in [-0.1, -0.05) is 6.07 Å². The van der Waals surface area contributed by atoms with Gasteiger partial charge in [-0.05, 0) is 18.2 Å². The van der Waals surface area contributed by atoms with E-state index in [1.807, 2.05) is 24.5 Å². The average molecular weight is 262 g/mol. The van der Waals surface area contributed by atoms with Crippen molar-refractivity contribution in [3.8, 4) is 11.4 Å². The monoisotopic (exact) mass is 262 g/mol. The van der Waals surface area contributed by atoms with Gasteiger partial charge in [0, 0.05) is 25.0 Å². The molecule has 0 saturated heterocycles. The van der Waals surface area contributed by atoms with E-state index in [9.17, 15) is 0 Å². The Bertz CT molecular complexity index is 992. The summed E-state index contributed by atoms with van der Waals surface area (Å²) in [6.07, 6.45) is 5.84. The van der Waals surface area contributed by atoms with Crippen LogP contribution < -0.4 is 4.57 Å². The maximum absolute atomic E-state index is 4.57. The van der Waals surface area contributed by atoms with Gasteiger partial charge in [0.2, 0.25) is 5.69 Å². The van der Waals surface area contributed by atoms with E-state index in [0.717, 1.165) is 29.0 Å². The summed E-state index contributed by atoms with van der Waals surface area (Å²) in [5, 5.41) is 0. The average Bonchev–Trinajstić information content (AvgIpc) is 3.08. The van der Waals surface area contributed by atoms with E-state index >= 15 is 0 Å². The van der Waals surface area contributed by atoms with Crippen LogP contribution in [0.5, 0.6) is 0 Å². The molecular formula is C15H12N5+. The summed E-state index contributed by atoms with van der Waals surface area (Å²) in [6.45, 7) is 0.891. The first-order valence-electron chi connectivity index (χ1n) is 6.63. The number of aryl methyl sites for hydroxylation is 1. The fourth-order valence-corrected chi connectivity index (χ4v) is 3.25. The molecule has 0 aromatic carbocycles. The largest absolute Gasteiger partial charge is 0.289 e. The molecule has 1 aliphatic heterocycles. The summed E-state index contributed by atoms with van der Waals surface area (Å²) in [4.78, 5) is 9.05. The minimum atomic E-state index is 0.891. The van der Waals surface area contributed by atoms with Gasteiger partial charge in [0.15, 0.2) is 11.2 Å². The number of rotatable bonds is 0. The molecule has 0 atom stereocenters. The Morgan fingerprint density at radius 3 is 2.95 bits per heavy atom. The molecule has 0 unspecified atom stereocenters. The first-order valence-corrected chi connectivity index (χ1v) is 6.63. The molecule has 0 saturated carbocycles. The Hall–Kier alpha value is -2.69. The van der Waals surface area contributed by atoms with E-state index in [0.29, 0.717) is 0 Å². The van der Waals surface area contributed by atoms with Crippen LogP contribution in [0.15, 0.2) is 43.0 Å². The minimum Gasteiger partial charge on any atom is -0.289 e. The maximum atomic E-state index is 4.57. The summed E-state index contributed by atoms with van der Waals surface area (Å²) in [7, 11) is 2.06. The summed E-state index contributed by atoms with van der Waals surface area (Å²) in [6, 6.07) is 8.22. The van der Waals surface area contributed by atoms with E-state index < -0.39 is 0 Å². The van der Waals surface area contributed by atoms with Crippen molar-refractivity contribution >= 4 is 16.8 Å². The SMILES string of the molecule is Cn1c2ncccc2n2c[n+]3c(c12)-c1ncccc1C3. The molecule has 4 aromatic heterocycles. The van der Waals surface area contributed by atoms with Crippen molar-refractivity contribution in [2.75, 3.05) is 0 Å². The molecule has 20 heavy (non-hydrogen) atoms. The van der Waals surface area contributed by atoms with Crippen molar-refractivity contribution in [1.82, 2.24) is 18.9 Å². The molecule has 0 fully saturated rings. The number of nitrogens with zero attached hydrogens (tertiary/aromatic N) is 5. The third-order valence-corrected chi connectivity index (χ3v) is 4.10. The normalized spacial score (nSPS) is 13.1. The highest BCUT2D eigenvalue weighted by atomic mass is 15.2. The maximum Gasteiger partial charge on any atom is 0.258 e. The quantitative estimate of drug-likeness (QED) is 0.397. The van der Waals surface area contributed by atoms with Gasteiger partial charge in [0.1, 0.15) is 12.2 Å². The van der Waals surface area contributed by atoms with E-state index in [1.54, 1.807) is 0 Å². The summed E-state index contributed by atoms with van der Waals surface area (Å²) >= 11 is 0. The standard InChI is InChI=1S/C15H12N5/c1-18-14-11(5-3-7-17-14)20-9-19-8-10-4-2-6-16-12(10)13(19)15(18)20/h2-7,9H,8H2,1H3/q+1. The first-order chi connectivity index (χ1) is 9.84. The van der Waals surface area contributed by atoms with Crippen molar-refractivity contribution in [2.45, 2.75) is 6.54 Å². The van der Waals surface area contributed by atoms with Gasteiger partial charge in [-0.25, -0.2) is 9.55 Å². The van der Waals surface area contributed by atoms with Crippen LogP contribution in [-0.4, -0.2) is 18.9 Å². The van der Waals surface area contributed by atoms with Crippen molar-refractivity contribution in [3.05, 3.63) is 48.5 Å². The molecule has 5 heterocycles. The topological polar surface area (TPSA) is 39.0 Å². The van der Waals surface area contributed by atoms with Gasteiger partial charge in [-0.15, -0.1) is 0 Å². The predicted molar refractivity (Wildman–Crippen MR) is 74.2 cm³/mol. The summed E-state index contributed by atoms with van der Waals surface area (Å²) in [5.74, 6) is 0. The lowest BCUT2D eigenvalue weighted by Crippen LogP contribution is -2.29. The van der Waals surface area contributed by atoms with Crippen LogP contribution >= 0.6 is 0 Å². The zero-order chi connectivity index (χ0) is 13.3. The molecule has 0 N–H and O–H groups in total. The Kier molecular flexibility index (Phi) is 1.65. The Balaban J connectivity index is 2.01.